The Morgan fingerprint density at radius 1 is 1.19 bits per heavy atom. The average Bonchev–Trinajstić information content (AvgIpc) is 3.62. The zero-order chi connectivity index (χ0) is 26.0. The molecular formula is C24H26ClF2N9O. The normalized spacial score (nSPS) is 14.8. The number of halogens is 3. The first-order valence-electron chi connectivity index (χ1n) is 11.8. The van der Waals surface area contributed by atoms with Crippen LogP contribution in [-0.2, 0) is 7.05 Å². The topological polar surface area (TPSA) is 122 Å². The monoisotopic (exact) mass is 529 g/mol. The lowest BCUT2D eigenvalue weighted by Crippen LogP contribution is -2.33. The number of ether oxygens (including phenoxy) is 1. The third-order valence-corrected chi connectivity index (χ3v) is 6.80. The van der Waals surface area contributed by atoms with Crippen LogP contribution in [0, 0.1) is 5.41 Å². The third-order valence-electron chi connectivity index (χ3n) is 6.59. The van der Waals surface area contributed by atoms with E-state index in [0.717, 1.165) is 25.7 Å². The van der Waals surface area contributed by atoms with Crippen molar-refractivity contribution in [1.29, 1.82) is 0 Å². The molecule has 0 atom stereocenters. The second-order valence-electron chi connectivity index (χ2n) is 9.15. The Morgan fingerprint density at radius 3 is 2.73 bits per heavy atom. The van der Waals surface area contributed by atoms with Crippen LogP contribution in [0.4, 0.5) is 20.3 Å². The summed E-state index contributed by atoms with van der Waals surface area (Å²) in [5.41, 5.74) is 7.96. The van der Waals surface area contributed by atoms with E-state index in [4.69, 9.17) is 22.1 Å². The molecule has 0 bridgehead atoms. The fraction of sp³-hybridized carbons (Fsp3) is 0.375. The van der Waals surface area contributed by atoms with Gasteiger partial charge >= 0.3 is 6.55 Å². The van der Waals surface area contributed by atoms with E-state index in [-0.39, 0.29) is 10.6 Å². The van der Waals surface area contributed by atoms with Crippen LogP contribution in [0.3, 0.4) is 0 Å². The molecule has 10 nitrogen and oxygen atoms in total. The first-order chi connectivity index (χ1) is 17.8. The number of nitrogen functional groups attached to an aromatic ring is 1. The summed E-state index contributed by atoms with van der Waals surface area (Å²) in [6, 6.07) is 4.83. The van der Waals surface area contributed by atoms with Gasteiger partial charge in [-0.2, -0.15) is 19.0 Å². The highest BCUT2D eigenvalue weighted by Crippen LogP contribution is 2.40. The van der Waals surface area contributed by atoms with Crippen LogP contribution >= 0.6 is 11.6 Å². The predicted molar refractivity (Wildman–Crippen MR) is 135 cm³/mol. The Balaban J connectivity index is 1.35. The van der Waals surface area contributed by atoms with Crippen LogP contribution in [0.2, 0.25) is 5.15 Å². The summed E-state index contributed by atoms with van der Waals surface area (Å²) in [6.45, 7) is -1.71. The van der Waals surface area contributed by atoms with Crippen molar-refractivity contribution in [2.75, 3.05) is 24.2 Å². The predicted octanol–water partition coefficient (Wildman–Crippen LogP) is 4.82. The van der Waals surface area contributed by atoms with Gasteiger partial charge in [0, 0.05) is 48.8 Å². The van der Waals surface area contributed by atoms with Gasteiger partial charge in [0.15, 0.2) is 5.82 Å². The highest BCUT2D eigenvalue weighted by molar-refractivity contribution is 6.29. The molecular weight excluding hydrogens is 504 g/mol. The summed E-state index contributed by atoms with van der Waals surface area (Å²) in [5.74, 6) is 1.37. The fourth-order valence-electron chi connectivity index (χ4n) is 4.63. The molecule has 13 heteroatoms. The van der Waals surface area contributed by atoms with Crippen molar-refractivity contribution in [2.45, 2.75) is 32.2 Å². The number of nitrogens with zero attached hydrogens (tertiary/aromatic N) is 7. The van der Waals surface area contributed by atoms with Crippen LogP contribution in [0.1, 0.15) is 32.2 Å². The van der Waals surface area contributed by atoms with Crippen LogP contribution < -0.4 is 15.8 Å². The summed E-state index contributed by atoms with van der Waals surface area (Å²) in [4.78, 5) is 12.7. The number of hydrogen-bond acceptors (Lipinski definition) is 8. The van der Waals surface area contributed by atoms with Crippen molar-refractivity contribution in [1.82, 2.24) is 34.5 Å². The van der Waals surface area contributed by atoms with Gasteiger partial charge < -0.3 is 15.8 Å². The number of nitrogens with two attached hydrogens (primary N) is 1. The molecule has 0 amide bonds. The molecule has 4 heterocycles. The van der Waals surface area contributed by atoms with Crippen LogP contribution in [0.25, 0.3) is 22.6 Å². The standard InChI is InChI=1S/C24H26ClF2N9O/c1-35-22(16(12-32-35)21-29-8-4-20(28)33-21)37-14-24(6-2-3-7-24)13-31-18-10-19(25)30-11-15(18)17-5-9-36(34-17)23(26)27/h4-5,8-12,23H,2-3,6-7,13-14H2,1H3,(H,30,31)(H2,28,29,33). The molecule has 0 saturated heterocycles. The number of alkyl halides is 2. The molecule has 0 spiro atoms. The molecule has 4 aromatic heterocycles. The summed E-state index contributed by atoms with van der Waals surface area (Å²) in [6.07, 6.45) is 10.1. The minimum atomic E-state index is -2.72. The maximum atomic E-state index is 13.1. The molecule has 1 fully saturated rings. The molecule has 1 aliphatic rings. The van der Waals surface area contributed by atoms with Gasteiger partial charge in [-0.1, -0.05) is 24.4 Å². The second kappa shape index (κ2) is 10.3. The fourth-order valence-corrected chi connectivity index (χ4v) is 4.78. The molecule has 37 heavy (non-hydrogen) atoms. The minimum Gasteiger partial charge on any atom is -0.477 e. The molecule has 0 aliphatic heterocycles. The minimum absolute atomic E-state index is 0.173. The Labute approximate surface area is 216 Å². The van der Waals surface area contributed by atoms with Gasteiger partial charge in [-0.15, -0.1) is 0 Å². The first kappa shape index (κ1) is 24.9. The maximum Gasteiger partial charge on any atom is 0.333 e. The molecule has 0 radical (unpaired) electrons. The molecule has 4 aromatic rings. The maximum absolute atomic E-state index is 13.1. The highest BCUT2D eigenvalue weighted by Gasteiger charge is 2.36. The average molecular weight is 530 g/mol. The SMILES string of the molecule is Cn1ncc(-c2nccc(N)n2)c1OCC1(CNc2cc(Cl)ncc2-c2ccn(C(F)F)n2)CCCC1. The molecule has 194 valence electrons. The largest absolute Gasteiger partial charge is 0.477 e. The second-order valence-corrected chi connectivity index (χ2v) is 9.54. The number of anilines is 2. The van der Waals surface area contributed by atoms with Crippen molar-refractivity contribution in [3.05, 3.63) is 48.1 Å². The van der Waals surface area contributed by atoms with Crippen LogP contribution in [0.15, 0.2) is 43.0 Å². The van der Waals surface area contributed by atoms with Gasteiger partial charge in [-0.3, -0.25) is 0 Å². The van der Waals surface area contributed by atoms with E-state index < -0.39 is 6.55 Å². The van der Waals surface area contributed by atoms with Gasteiger partial charge in [0.25, 0.3) is 0 Å². The van der Waals surface area contributed by atoms with Crippen molar-refractivity contribution in [3.8, 4) is 28.5 Å². The first-order valence-corrected chi connectivity index (χ1v) is 12.2. The van der Waals surface area contributed by atoms with E-state index in [1.54, 1.807) is 36.3 Å². The summed E-state index contributed by atoms with van der Waals surface area (Å²) >= 11 is 6.17. The number of aromatic nitrogens is 7. The third kappa shape index (κ3) is 5.33. The van der Waals surface area contributed by atoms with Crippen molar-refractivity contribution in [3.63, 3.8) is 0 Å². The number of rotatable bonds is 9. The molecule has 1 saturated carbocycles. The highest BCUT2D eigenvalue weighted by atomic mass is 35.5. The molecule has 5 rings (SSSR count). The van der Waals surface area contributed by atoms with Gasteiger partial charge in [0.1, 0.15) is 16.5 Å². The van der Waals surface area contributed by atoms with E-state index in [2.05, 4.69) is 30.5 Å². The Hall–Kier alpha value is -3.80. The van der Waals surface area contributed by atoms with Gasteiger partial charge in [0.05, 0.1) is 18.5 Å². The van der Waals surface area contributed by atoms with E-state index in [1.807, 2.05) is 0 Å². The summed E-state index contributed by atoms with van der Waals surface area (Å²) in [5, 5.41) is 12.1. The lowest BCUT2D eigenvalue weighted by Gasteiger charge is -2.30. The number of hydrogen-bond donors (Lipinski definition) is 2. The molecule has 3 N–H and O–H groups in total. The number of nitrogens with one attached hydrogen (secondary N) is 1. The smallest absolute Gasteiger partial charge is 0.333 e. The van der Waals surface area contributed by atoms with Gasteiger partial charge in [-0.25, -0.2) is 24.3 Å². The number of aryl methyl sites for hydroxylation is 1. The Morgan fingerprint density at radius 2 is 2.00 bits per heavy atom. The molecule has 0 unspecified atom stereocenters. The van der Waals surface area contributed by atoms with E-state index in [9.17, 15) is 8.78 Å². The van der Waals surface area contributed by atoms with Gasteiger partial charge in [0.2, 0.25) is 5.88 Å². The van der Waals surface area contributed by atoms with Crippen molar-refractivity contribution < 1.29 is 13.5 Å². The zero-order valence-corrected chi connectivity index (χ0v) is 20.9. The summed E-state index contributed by atoms with van der Waals surface area (Å²) in [7, 11) is 1.80. The Kier molecular flexibility index (Phi) is 6.92. The van der Waals surface area contributed by atoms with Crippen molar-refractivity contribution >= 4 is 23.1 Å². The zero-order valence-electron chi connectivity index (χ0n) is 20.1. The molecule has 0 aromatic carbocycles. The van der Waals surface area contributed by atoms with Crippen LogP contribution in [-0.4, -0.2) is 47.7 Å². The van der Waals surface area contributed by atoms with Crippen LogP contribution in [0.5, 0.6) is 5.88 Å². The lowest BCUT2D eigenvalue weighted by molar-refractivity contribution is 0.0568. The quantitative estimate of drug-likeness (QED) is 0.296. The molecule has 1 aliphatic carbocycles. The number of pyridine rings is 1. The van der Waals surface area contributed by atoms with Gasteiger partial charge in [-0.05, 0) is 31.0 Å². The summed E-state index contributed by atoms with van der Waals surface area (Å²) < 4.78 is 34.7. The van der Waals surface area contributed by atoms with E-state index in [1.165, 1.54) is 18.5 Å². The van der Waals surface area contributed by atoms with Crippen molar-refractivity contribution in [2.24, 2.45) is 12.5 Å². The Bertz CT molecular complexity index is 1380. The van der Waals surface area contributed by atoms with E-state index >= 15 is 0 Å². The lowest BCUT2D eigenvalue weighted by atomic mass is 9.87. The van der Waals surface area contributed by atoms with E-state index in [0.29, 0.717) is 57.9 Å².